The van der Waals surface area contributed by atoms with Gasteiger partial charge in [-0.05, 0) is 49.4 Å². The van der Waals surface area contributed by atoms with Crippen molar-refractivity contribution in [1.29, 1.82) is 0 Å². The van der Waals surface area contributed by atoms with Gasteiger partial charge in [-0.1, -0.05) is 11.6 Å². The Kier molecular flexibility index (Phi) is 6.86. The summed E-state index contributed by atoms with van der Waals surface area (Å²) in [6, 6.07) is 2.23. The van der Waals surface area contributed by atoms with E-state index in [1.165, 1.54) is 10.6 Å². The third kappa shape index (κ3) is 5.09. The number of carbonyl (C=O) groups is 2. The molecule has 3 aromatic rings. The maximum absolute atomic E-state index is 13.2. The first-order chi connectivity index (χ1) is 16.8. The lowest BCUT2D eigenvalue weighted by Crippen LogP contribution is -2.31. The number of aromatic nitrogens is 3. The third-order valence-corrected chi connectivity index (χ3v) is 6.84. The summed E-state index contributed by atoms with van der Waals surface area (Å²) in [4.78, 5) is 33.4. The molecule has 0 bridgehead atoms. The van der Waals surface area contributed by atoms with Crippen LogP contribution in [0.5, 0.6) is 0 Å². The summed E-state index contributed by atoms with van der Waals surface area (Å²) in [7, 11) is 0. The van der Waals surface area contributed by atoms with Crippen LogP contribution in [0.2, 0.25) is 5.02 Å². The molecule has 192 valence electrons. The Morgan fingerprint density at radius 2 is 1.78 bits per heavy atom. The number of halogens is 7. The molecule has 1 aromatic carbocycles. The van der Waals surface area contributed by atoms with Crippen molar-refractivity contribution < 1.29 is 35.9 Å². The highest BCUT2D eigenvalue weighted by Crippen LogP contribution is 2.38. The van der Waals surface area contributed by atoms with Gasteiger partial charge in [0.2, 0.25) is 0 Å². The van der Waals surface area contributed by atoms with E-state index in [2.05, 4.69) is 15.3 Å². The van der Waals surface area contributed by atoms with Crippen molar-refractivity contribution in [3.05, 3.63) is 46.6 Å². The molecule has 1 atom stereocenters. The van der Waals surface area contributed by atoms with Crippen molar-refractivity contribution in [2.75, 3.05) is 6.54 Å². The van der Waals surface area contributed by atoms with E-state index in [4.69, 9.17) is 11.6 Å². The Labute approximate surface area is 208 Å². The van der Waals surface area contributed by atoms with Crippen LogP contribution in [0.4, 0.5) is 31.1 Å². The molecule has 3 heterocycles. The normalized spacial score (nSPS) is 16.8. The first kappa shape index (κ1) is 26.1. The molecule has 1 saturated heterocycles. The van der Waals surface area contributed by atoms with Crippen LogP contribution in [0.15, 0.2) is 40.6 Å². The number of alkyl halides is 6. The van der Waals surface area contributed by atoms with Crippen LogP contribution in [0, 0.1) is 0 Å². The lowest BCUT2D eigenvalue weighted by atomic mass is 10.2. The number of fused-ring (bicyclic) bond motifs is 1. The molecule has 2 aromatic heterocycles. The minimum atomic E-state index is -4.66. The average Bonchev–Trinajstić information content (AvgIpc) is 3.26. The summed E-state index contributed by atoms with van der Waals surface area (Å²) in [5.41, 5.74) is -1.72. The zero-order valence-electron chi connectivity index (χ0n) is 18.2. The van der Waals surface area contributed by atoms with Gasteiger partial charge in [-0.3, -0.25) is 9.69 Å². The SMILES string of the molecule is CCN1C(=O)N[C@@H](CCn2c(Sc3ncc(C(F)(F)F)cc3Cl)nc3cc(C(F)(F)F)ccc32)C1=O. The average molecular weight is 552 g/mol. The van der Waals surface area contributed by atoms with Crippen LogP contribution in [0.3, 0.4) is 0 Å². The van der Waals surface area contributed by atoms with E-state index in [1.807, 2.05) is 0 Å². The number of benzene rings is 1. The summed E-state index contributed by atoms with van der Waals surface area (Å²) < 4.78 is 80.0. The molecule has 0 saturated carbocycles. The topological polar surface area (TPSA) is 80.1 Å². The Bertz CT molecular complexity index is 1340. The lowest BCUT2D eigenvalue weighted by Gasteiger charge is -2.13. The second-order valence-electron chi connectivity index (χ2n) is 7.73. The number of pyridine rings is 1. The standard InChI is InChI=1S/C21H16ClF6N5O2S/c1-2-32-17(34)13(30-18(32)35)5-6-33-15-4-3-10(20(23,24)25)8-14(15)31-19(33)36-16-12(22)7-11(9-29-16)21(26,27)28/h3-4,7-9,13H,2,5-6H2,1H3,(H,30,35)/t13-/m0/s1. The van der Waals surface area contributed by atoms with E-state index in [0.717, 1.165) is 28.8 Å². The molecule has 1 N–H and O–H groups in total. The van der Waals surface area contributed by atoms with Gasteiger partial charge in [0, 0.05) is 19.3 Å². The molecule has 1 aliphatic heterocycles. The summed E-state index contributed by atoms with van der Waals surface area (Å²) in [5, 5.41) is 2.29. The maximum atomic E-state index is 13.2. The second kappa shape index (κ2) is 9.47. The number of urea groups is 1. The Morgan fingerprint density at radius 1 is 1.08 bits per heavy atom. The Hall–Kier alpha value is -3.00. The fraction of sp³-hybridized carbons (Fsp3) is 0.333. The molecule has 7 nitrogen and oxygen atoms in total. The highest BCUT2D eigenvalue weighted by molar-refractivity contribution is 7.99. The summed E-state index contributed by atoms with van der Waals surface area (Å²) in [6.07, 6.45) is -8.59. The van der Waals surface area contributed by atoms with Crippen molar-refractivity contribution in [2.24, 2.45) is 0 Å². The van der Waals surface area contributed by atoms with Crippen LogP contribution in [0.25, 0.3) is 11.0 Å². The molecule has 1 aliphatic rings. The fourth-order valence-electron chi connectivity index (χ4n) is 3.65. The molecule has 0 spiro atoms. The predicted octanol–water partition coefficient (Wildman–Crippen LogP) is 5.60. The molecule has 1 fully saturated rings. The minimum Gasteiger partial charge on any atom is -0.326 e. The molecular formula is C21H16ClF6N5O2S. The number of nitrogens with one attached hydrogen (secondary N) is 1. The van der Waals surface area contributed by atoms with Gasteiger partial charge in [0.15, 0.2) is 5.16 Å². The number of nitrogens with zero attached hydrogens (tertiary/aromatic N) is 4. The first-order valence-corrected chi connectivity index (χ1v) is 11.6. The number of imidazole rings is 1. The van der Waals surface area contributed by atoms with E-state index in [9.17, 15) is 35.9 Å². The summed E-state index contributed by atoms with van der Waals surface area (Å²) in [6.45, 7) is 1.86. The van der Waals surface area contributed by atoms with Crippen molar-refractivity contribution in [1.82, 2.24) is 24.8 Å². The van der Waals surface area contributed by atoms with Crippen LogP contribution in [-0.2, 0) is 23.7 Å². The molecule has 0 unspecified atom stereocenters. The highest BCUT2D eigenvalue weighted by Gasteiger charge is 2.37. The minimum absolute atomic E-state index is 0.0210. The van der Waals surface area contributed by atoms with Crippen LogP contribution in [0.1, 0.15) is 24.5 Å². The number of hydrogen-bond acceptors (Lipinski definition) is 5. The monoisotopic (exact) mass is 551 g/mol. The number of imide groups is 1. The van der Waals surface area contributed by atoms with Gasteiger partial charge in [-0.15, -0.1) is 0 Å². The van der Waals surface area contributed by atoms with Gasteiger partial charge in [0.25, 0.3) is 5.91 Å². The van der Waals surface area contributed by atoms with Gasteiger partial charge in [-0.25, -0.2) is 14.8 Å². The van der Waals surface area contributed by atoms with E-state index >= 15 is 0 Å². The summed E-state index contributed by atoms with van der Waals surface area (Å²) in [5.74, 6) is -0.437. The van der Waals surface area contributed by atoms with Crippen LogP contribution in [-0.4, -0.2) is 44.0 Å². The quantitative estimate of drug-likeness (QED) is 0.318. The van der Waals surface area contributed by atoms with Gasteiger partial charge >= 0.3 is 18.4 Å². The number of amides is 3. The number of aryl methyl sites for hydroxylation is 1. The zero-order valence-corrected chi connectivity index (χ0v) is 19.8. The number of rotatable bonds is 6. The number of carbonyl (C=O) groups excluding carboxylic acids is 2. The number of hydrogen-bond donors (Lipinski definition) is 1. The fourth-order valence-corrected chi connectivity index (χ4v) is 4.81. The van der Waals surface area contributed by atoms with Crippen molar-refractivity contribution in [3.8, 4) is 0 Å². The Morgan fingerprint density at radius 3 is 2.36 bits per heavy atom. The van der Waals surface area contributed by atoms with Gasteiger partial charge in [-0.2, -0.15) is 26.3 Å². The predicted molar refractivity (Wildman–Crippen MR) is 117 cm³/mol. The van der Waals surface area contributed by atoms with E-state index in [0.29, 0.717) is 12.3 Å². The van der Waals surface area contributed by atoms with Crippen molar-refractivity contribution in [2.45, 2.75) is 48.5 Å². The highest BCUT2D eigenvalue weighted by atomic mass is 35.5. The second-order valence-corrected chi connectivity index (χ2v) is 9.09. The van der Waals surface area contributed by atoms with E-state index in [1.54, 1.807) is 6.92 Å². The van der Waals surface area contributed by atoms with Crippen molar-refractivity contribution >= 4 is 46.3 Å². The van der Waals surface area contributed by atoms with E-state index in [-0.39, 0.29) is 45.7 Å². The first-order valence-electron chi connectivity index (χ1n) is 10.4. The van der Waals surface area contributed by atoms with Gasteiger partial charge < -0.3 is 9.88 Å². The van der Waals surface area contributed by atoms with Gasteiger partial charge in [0.05, 0.1) is 27.2 Å². The van der Waals surface area contributed by atoms with Crippen molar-refractivity contribution in [3.63, 3.8) is 0 Å². The third-order valence-electron chi connectivity index (χ3n) is 5.43. The molecule has 0 aliphatic carbocycles. The smallest absolute Gasteiger partial charge is 0.326 e. The maximum Gasteiger partial charge on any atom is 0.417 e. The van der Waals surface area contributed by atoms with E-state index < -0.39 is 41.5 Å². The lowest BCUT2D eigenvalue weighted by molar-refractivity contribution is -0.138. The molecule has 36 heavy (non-hydrogen) atoms. The number of likely N-dealkylation sites (N-methyl/N-ethyl adjacent to an activating group) is 1. The summed E-state index contributed by atoms with van der Waals surface area (Å²) >= 11 is 6.77. The molecule has 15 heteroatoms. The molecule has 3 amide bonds. The molecular weight excluding hydrogens is 536 g/mol. The zero-order chi connectivity index (χ0) is 26.4. The Balaban J connectivity index is 1.70. The molecule has 4 rings (SSSR count). The van der Waals surface area contributed by atoms with Crippen LogP contribution >= 0.6 is 23.4 Å². The van der Waals surface area contributed by atoms with Gasteiger partial charge in [0.1, 0.15) is 11.1 Å². The largest absolute Gasteiger partial charge is 0.417 e. The molecule has 0 radical (unpaired) electrons. The van der Waals surface area contributed by atoms with Crippen LogP contribution < -0.4 is 5.32 Å².